The summed E-state index contributed by atoms with van der Waals surface area (Å²) in [6.45, 7) is 8.20. The van der Waals surface area contributed by atoms with Crippen LogP contribution in [0.1, 0.15) is 39.0 Å². The molecule has 5 heterocycles. The summed E-state index contributed by atoms with van der Waals surface area (Å²) in [6.07, 6.45) is 13.1. The van der Waals surface area contributed by atoms with Gasteiger partial charge in [0.15, 0.2) is 5.65 Å². The van der Waals surface area contributed by atoms with E-state index >= 15 is 0 Å². The molecular formula is C25H37N9O3. The fourth-order valence-electron chi connectivity index (χ4n) is 5.10. The number of hydrogen-bond donors (Lipinski definition) is 4. The fraction of sp³-hybridized carbons (Fsp3) is 0.600. The number of alkyl carbamates (subject to hydrolysis) is 1. The number of carbonyl (C=O) groups is 1. The number of carbonyl (C=O) groups excluding carboxylic acids is 1. The summed E-state index contributed by atoms with van der Waals surface area (Å²) in [5, 5.41) is 16.2. The number of piperazine rings is 1. The van der Waals surface area contributed by atoms with Crippen LogP contribution >= 0.6 is 0 Å². The second-order valence-corrected chi connectivity index (χ2v) is 9.84. The topological polar surface area (TPSA) is 134 Å². The first-order valence-corrected chi connectivity index (χ1v) is 13.2. The maximum atomic E-state index is 10.9. The molecule has 12 nitrogen and oxygen atoms in total. The van der Waals surface area contributed by atoms with E-state index in [1.165, 1.54) is 32.1 Å². The van der Waals surface area contributed by atoms with Gasteiger partial charge in [0.2, 0.25) is 5.95 Å². The molecule has 8 rings (SSSR count). The first-order chi connectivity index (χ1) is 18.2. The average molecular weight is 512 g/mol. The SMILES string of the molecule is C1CCOC1.CCOC(=O)NC12CC(C1)C2.c1cc(Nc2ncc(N3CCNCC3)c3nccn23)[nH]n1. The number of nitrogens with zero attached hydrogens (tertiary/aromatic N) is 5. The van der Waals surface area contributed by atoms with Crippen LogP contribution in [0.5, 0.6) is 0 Å². The molecule has 37 heavy (non-hydrogen) atoms. The molecule has 3 saturated carbocycles. The van der Waals surface area contributed by atoms with Crippen molar-refractivity contribution in [1.29, 1.82) is 0 Å². The molecule has 0 atom stereocenters. The molecular weight excluding hydrogens is 474 g/mol. The summed E-state index contributed by atoms with van der Waals surface area (Å²) in [4.78, 5) is 22.3. The summed E-state index contributed by atoms with van der Waals surface area (Å²) in [6, 6.07) is 1.86. The molecule has 5 fully saturated rings. The van der Waals surface area contributed by atoms with Crippen molar-refractivity contribution in [1.82, 2.24) is 35.2 Å². The lowest BCUT2D eigenvalue weighted by atomic mass is 9.50. The molecule has 3 aromatic rings. The van der Waals surface area contributed by atoms with Crippen molar-refractivity contribution in [2.75, 3.05) is 56.2 Å². The first-order valence-electron chi connectivity index (χ1n) is 13.2. The molecule has 4 N–H and O–H groups in total. The van der Waals surface area contributed by atoms with E-state index in [2.05, 4.69) is 41.0 Å². The van der Waals surface area contributed by atoms with Crippen LogP contribution in [0.4, 0.5) is 22.2 Å². The third-order valence-electron chi connectivity index (χ3n) is 7.12. The first kappa shape index (κ1) is 25.3. The summed E-state index contributed by atoms with van der Waals surface area (Å²) in [7, 11) is 0. The van der Waals surface area contributed by atoms with E-state index in [9.17, 15) is 4.79 Å². The molecule has 2 bridgehead atoms. The normalized spacial score (nSPS) is 23.5. The zero-order chi connectivity index (χ0) is 25.5. The molecule has 0 radical (unpaired) electrons. The van der Waals surface area contributed by atoms with Crippen LogP contribution in [-0.2, 0) is 9.47 Å². The molecule has 0 spiro atoms. The number of anilines is 3. The lowest BCUT2D eigenvalue weighted by molar-refractivity contribution is -0.0474. The fourth-order valence-corrected chi connectivity index (χ4v) is 5.10. The van der Waals surface area contributed by atoms with Crippen LogP contribution in [0.15, 0.2) is 30.9 Å². The summed E-state index contributed by atoms with van der Waals surface area (Å²) >= 11 is 0. The summed E-state index contributed by atoms with van der Waals surface area (Å²) in [5.41, 5.74) is 2.14. The number of aromatic amines is 1. The van der Waals surface area contributed by atoms with Gasteiger partial charge in [0.05, 0.1) is 24.7 Å². The van der Waals surface area contributed by atoms with Crippen molar-refractivity contribution in [2.45, 2.75) is 44.6 Å². The molecule has 3 aromatic heterocycles. The van der Waals surface area contributed by atoms with Gasteiger partial charge in [0.25, 0.3) is 0 Å². The number of fused-ring (bicyclic) bond motifs is 1. The number of ether oxygens (including phenoxy) is 2. The number of rotatable bonds is 5. The van der Waals surface area contributed by atoms with Gasteiger partial charge in [-0.05, 0) is 44.9 Å². The highest BCUT2D eigenvalue weighted by atomic mass is 16.5. The van der Waals surface area contributed by atoms with Gasteiger partial charge in [-0.25, -0.2) is 14.8 Å². The predicted molar refractivity (Wildman–Crippen MR) is 140 cm³/mol. The molecule has 1 amide bonds. The van der Waals surface area contributed by atoms with Gasteiger partial charge in [0, 0.05) is 63.4 Å². The average Bonchev–Trinajstić information content (AvgIpc) is 3.67. The lowest BCUT2D eigenvalue weighted by Gasteiger charge is -2.61. The van der Waals surface area contributed by atoms with Crippen LogP contribution in [0, 0.1) is 5.92 Å². The Labute approximate surface area is 216 Å². The zero-order valence-electron chi connectivity index (χ0n) is 21.4. The van der Waals surface area contributed by atoms with Gasteiger partial charge >= 0.3 is 6.09 Å². The third-order valence-corrected chi connectivity index (χ3v) is 7.12. The minimum Gasteiger partial charge on any atom is -0.450 e. The van der Waals surface area contributed by atoms with Crippen molar-refractivity contribution < 1.29 is 14.3 Å². The predicted octanol–water partition coefficient (Wildman–Crippen LogP) is 2.69. The maximum Gasteiger partial charge on any atom is 0.407 e. The van der Waals surface area contributed by atoms with Gasteiger partial charge in [-0.1, -0.05) is 0 Å². The number of nitrogens with one attached hydrogen (secondary N) is 4. The molecule has 0 aromatic carbocycles. The molecule has 2 aliphatic heterocycles. The van der Waals surface area contributed by atoms with E-state index in [1.54, 1.807) is 12.4 Å². The largest absolute Gasteiger partial charge is 0.450 e. The van der Waals surface area contributed by atoms with Gasteiger partial charge in [0.1, 0.15) is 5.82 Å². The van der Waals surface area contributed by atoms with E-state index in [1.807, 2.05) is 29.8 Å². The second-order valence-electron chi connectivity index (χ2n) is 9.84. The number of H-pyrrole nitrogens is 1. The number of imidazole rings is 1. The van der Waals surface area contributed by atoms with Gasteiger partial charge in [-0.2, -0.15) is 5.10 Å². The van der Waals surface area contributed by atoms with Crippen molar-refractivity contribution in [2.24, 2.45) is 5.92 Å². The van der Waals surface area contributed by atoms with Crippen LogP contribution < -0.4 is 20.9 Å². The monoisotopic (exact) mass is 511 g/mol. The Balaban J connectivity index is 0.000000145. The molecule has 2 saturated heterocycles. The standard InChI is InChI=1S/C13H16N8.C8H13NO2.C4H8O/c1-2-17-19-11(1)18-13-16-9-10(12-15-5-8-21(12)13)20-6-3-14-4-7-20;1-2-11-7(10)9-8-3-6(4-8)5-8;1-2-4-5-3-1/h1-2,5,8-9,14H,3-4,6-7H2,(H2,16,17,18,19);6H,2-5H2,1H3,(H,9,10);1-4H2. The molecule has 200 valence electrons. The van der Waals surface area contributed by atoms with Crippen molar-refractivity contribution >= 4 is 29.2 Å². The molecule has 0 unspecified atom stereocenters. The molecule has 3 aliphatic carbocycles. The van der Waals surface area contributed by atoms with Crippen LogP contribution in [0.25, 0.3) is 5.65 Å². The Hall–Kier alpha value is -3.38. The van der Waals surface area contributed by atoms with Crippen molar-refractivity contribution in [3.05, 3.63) is 30.9 Å². The smallest absolute Gasteiger partial charge is 0.407 e. The van der Waals surface area contributed by atoms with Crippen LogP contribution in [0.3, 0.4) is 0 Å². The third kappa shape index (κ3) is 6.13. The molecule has 5 aliphatic rings. The van der Waals surface area contributed by atoms with Crippen LogP contribution in [-0.4, -0.2) is 82.2 Å². The van der Waals surface area contributed by atoms with Crippen LogP contribution in [0.2, 0.25) is 0 Å². The Bertz CT molecular complexity index is 1120. The highest BCUT2D eigenvalue weighted by Gasteiger charge is 2.57. The van der Waals surface area contributed by atoms with E-state index in [0.29, 0.717) is 12.6 Å². The second kappa shape index (κ2) is 11.8. The Kier molecular flexibility index (Phi) is 8.05. The van der Waals surface area contributed by atoms with E-state index < -0.39 is 0 Å². The lowest BCUT2D eigenvalue weighted by Crippen LogP contribution is -2.68. The van der Waals surface area contributed by atoms with Gasteiger partial charge in [-0.3, -0.25) is 9.50 Å². The quantitative estimate of drug-likeness (QED) is 0.408. The molecule has 12 heteroatoms. The van der Waals surface area contributed by atoms with E-state index in [-0.39, 0.29) is 11.6 Å². The minimum absolute atomic E-state index is 0.164. The maximum absolute atomic E-state index is 10.9. The Morgan fingerprint density at radius 2 is 1.97 bits per heavy atom. The summed E-state index contributed by atoms with van der Waals surface area (Å²) < 4.78 is 11.7. The highest BCUT2D eigenvalue weighted by molar-refractivity contribution is 5.71. The van der Waals surface area contributed by atoms with E-state index in [4.69, 9.17) is 9.47 Å². The number of amides is 1. The van der Waals surface area contributed by atoms with Gasteiger partial charge in [-0.15, -0.1) is 0 Å². The Morgan fingerprint density at radius 3 is 2.57 bits per heavy atom. The van der Waals surface area contributed by atoms with E-state index in [0.717, 1.165) is 62.5 Å². The highest BCUT2D eigenvalue weighted by Crippen LogP contribution is 2.56. The summed E-state index contributed by atoms with van der Waals surface area (Å²) in [5.74, 6) is 2.41. The minimum atomic E-state index is -0.245. The number of aromatic nitrogens is 5. The van der Waals surface area contributed by atoms with Crippen molar-refractivity contribution in [3.63, 3.8) is 0 Å². The zero-order valence-corrected chi connectivity index (χ0v) is 21.4. The Morgan fingerprint density at radius 1 is 1.19 bits per heavy atom. The van der Waals surface area contributed by atoms with Crippen molar-refractivity contribution in [3.8, 4) is 0 Å². The van der Waals surface area contributed by atoms with Gasteiger partial charge < -0.3 is 30.3 Å². The number of hydrogen-bond acceptors (Lipinski definition) is 9.